The highest BCUT2D eigenvalue weighted by Crippen LogP contribution is 2.33. The molecular weight excluding hydrogens is 340 g/mol. The van der Waals surface area contributed by atoms with E-state index in [1.807, 2.05) is 29.7 Å². The molecule has 6 heteroatoms. The van der Waals surface area contributed by atoms with Gasteiger partial charge in [-0.15, -0.1) is 10.2 Å². The molecule has 4 rings (SSSR count). The van der Waals surface area contributed by atoms with Gasteiger partial charge in [-0.25, -0.2) is 0 Å². The summed E-state index contributed by atoms with van der Waals surface area (Å²) in [6.45, 7) is 3.95. The zero-order chi connectivity index (χ0) is 19.0. The summed E-state index contributed by atoms with van der Waals surface area (Å²) in [5, 5.41) is 8.54. The third-order valence-corrected chi connectivity index (χ3v) is 4.78. The van der Waals surface area contributed by atoms with Crippen LogP contribution in [-0.2, 0) is 4.79 Å². The van der Waals surface area contributed by atoms with Crippen molar-refractivity contribution in [2.75, 3.05) is 7.11 Å². The van der Waals surface area contributed by atoms with Crippen molar-refractivity contribution in [2.45, 2.75) is 26.3 Å². The van der Waals surface area contributed by atoms with Crippen LogP contribution in [-0.4, -0.2) is 33.9 Å². The van der Waals surface area contributed by atoms with Crippen LogP contribution < -0.4 is 4.74 Å². The third kappa shape index (κ3) is 2.93. The smallest absolute Gasteiger partial charge is 0.162 e. The van der Waals surface area contributed by atoms with Crippen LogP contribution in [0.5, 0.6) is 5.75 Å². The summed E-state index contributed by atoms with van der Waals surface area (Å²) in [7, 11) is 1.64. The number of hydrogen-bond donors (Lipinski definition) is 0. The summed E-state index contributed by atoms with van der Waals surface area (Å²) in [5.74, 6) is 2.18. The second-order valence-corrected chi connectivity index (χ2v) is 6.59. The van der Waals surface area contributed by atoms with Gasteiger partial charge in [-0.3, -0.25) is 9.56 Å². The van der Waals surface area contributed by atoms with Gasteiger partial charge in [-0.05, 0) is 32.0 Å². The van der Waals surface area contributed by atoms with Crippen LogP contribution in [0.4, 0.5) is 0 Å². The summed E-state index contributed by atoms with van der Waals surface area (Å²) in [6.07, 6.45) is 1.13. The number of carbonyl (C=O) groups excluding carboxylic acids is 1. The molecule has 0 spiro atoms. The molecule has 1 atom stereocenters. The summed E-state index contributed by atoms with van der Waals surface area (Å²) >= 11 is 0. The van der Waals surface area contributed by atoms with Crippen LogP contribution in [0, 0.1) is 13.8 Å². The van der Waals surface area contributed by atoms with Gasteiger partial charge in [0, 0.05) is 17.5 Å². The molecule has 0 N–H and O–H groups in total. The van der Waals surface area contributed by atoms with E-state index in [-0.39, 0.29) is 6.42 Å². The van der Waals surface area contributed by atoms with Crippen molar-refractivity contribution in [1.29, 1.82) is 0 Å². The molecule has 0 amide bonds. The molecule has 0 fully saturated rings. The number of carbonyl (C=O) groups is 1. The second kappa shape index (κ2) is 6.79. The van der Waals surface area contributed by atoms with Crippen LogP contribution in [0.3, 0.4) is 0 Å². The van der Waals surface area contributed by atoms with E-state index in [1.54, 1.807) is 7.11 Å². The quantitative estimate of drug-likeness (QED) is 0.669. The Morgan fingerprint density at radius 1 is 1.11 bits per heavy atom. The van der Waals surface area contributed by atoms with Crippen molar-refractivity contribution in [3.05, 3.63) is 70.8 Å². The molecule has 136 valence electrons. The summed E-state index contributed by atoms with van der Waals surface area (Å²) in [5.41, 5.74) is 4.84. The molecule has 2 heterocycles. The Morgan fingerprint density at radius 3 is 2.59 bits per heavy atom. The molecule has 1 aliphatic heterocycles. The lowest BCUT2D eigenvalue weighted by Gasteiger charge is -2.14. The largest absolute Gasteiger partial charge is 0.497 e. The maximum absolute atomic E-state index is 11.3. The van der Waals surface area contributed by atoms with Crippen molar-refractivity contribution in [3.63, 3.8) is 0 Å². The maximum atomic E-state index is 11.3. The van der Waals surface area contributed by atoms with Gasteiger partial charge in [0.25, 0.3) is 0 Å². The summed E-state index contributed by atoms with van der Waals surface area (Å²) < 4.78 is 7.43. The van der Waals surface area contributed by atoms with Gasteiger partial charge in [0.05, 0.1) is 18.5 Å². The van der Waals surface area contributed by atoms with E-state index < -0.39 is 6.04 Å². The minimum Gasteiger partial charge on any atom is -0.497 e. The first-order chi connectivity index (χ1) is 13.1. The van der Waals surface area contributed by atoms with Crippen molar-refractivity contribution < 1.29 is 9.53 Å². The number of fused-ring (bicyclic) bond motifs is 3. The first-order valence-corrected chi connectivity index (χ1v) is 8.81. The number of hydrogen-bond acceptors (Lipinski definition) is 5. The number of aldehydes is 1. The molecule has 1 aliphatic rings. The molecule has 0 bridgehead atoms. The van der Waals surface area contributed by atoms with Gasteiger partial charge in [-0.1, -0.05) is 29.8 Å². The van der Waals surface area contributed by atoms with Crippen LogP contribution in [0.1, 0.15) is 40.8 Å². The van der Waals surface area contributed by atoms with Crippen LogP contribution in [0.15, 0.2) is 47.5 Å². The molecule has 0 saturated heterocycles. The van der Waals surface area contributed by atoms with Crippen LogP contribution in [0.25, 0.3) is 5.69 Å². The molecule has 0 saturated carbocycles. The number of aromatic nitrogens is 3. The Hall–Kier alpha value is -3.28. The van der Waals surface area contributed by atoms with Crippen molar-refractivity contribution >= 4 is 12.0 Å². The normalized spacial score (nSPS) is 15.4. The van der Waals surface area contributed by atoms with E-state index >= 15 is 0 Å². The van der Waals surface area contributed by atoms with Crippen molar-refractivity contribution in [2.24, 2.45) is 4.99 Å². The third-order valence-electron chi connectivity index (χ3n) is 4.78. The maximum Gasteiger partial charge on any atom is 0.162 e. The zero-order valence-electron chi connectivity index (χ0n) is 15.5. The standard InChI is InChI=1S/C21H20N4O2/c1-13-4-6-15(7-5-13)20-17-12-16(27-3)8-9-19(17)25-14(2)23-24-21(25)18(22-20)10-11-26/h4-9,11-12,18H,10H2,1-3H3/t18-/m0/s1. The highest BCUT2D eigenvalue weighted by atomic mass is 16.5. The minimum atomic E-state index is -0.390. The Balaban J connectivity index is 2.03. The second-order valence-electron chi connectivity index (χ2n) is 6.59. The van der Waals surface area contributed by atoms with Crippen LogP contribution >= 0.6 is 0 Å². The Bertz CT molecular complexity index is 1030. The molecule has 1 aromatic heterocycles. The van der Waals surface area contributed by atoms with E-state index in [2.05, 4.69) is 41.4 Å². The Morgan fingerprint density at radius 2 is 1.89 bits per heavy atom. The zero-order valence-corrected chi connectivity index (χ0v) is 15.5. The molecule has 0 radical (unpaired) electrons. The number of ether oxygens (including phenoxy) is 1. The molecule has 0 unspecified atom stereocenters. The van der Waals surface area contributed by atoms with E-state index in [1.165, 1.54) is 5.56 Å². The highest BCUT2D eigenvalue weighted by Gasteiger charge is 2.28. The number of rotatable bonds is 4. The summed E-state index contributed by atoms with van der Waals surface area (Å²) in [6, 6.07) is 13.7. The molecule has 0 aliphatic carbocycles. The number of methoxy groups -OCH3 is 1. The topological polar surface area (TPSA) is 69.4 Å². The monoisotopic (exact) mass is 360 g/mol. The molecule has 27 heavy (non-hydrogen) atoms. The van der Waals surface area contributed by atoms with Crippen molar-refractivity contribution in [1.82, 2.24) is 14.8 Å². The van der Waals surface area contributed by atoms with Gasteiger partial charge < -0.3 is 9.53 Å². The lowest BCUT2D eigenvalue weighted by Crippen LogP contribution is -2.08. The first kappa shape index (κ1) is 17.1. The highest BCUT2D eigenvalue weighted by molar-refractivity contribution is 6.15. The van der Waals surface area contributed by atoms with E-state index in [0.717, 1.165) is 40.4 Å². The predicted molar refractivity (Wildman–Crippen MR) is 103 cm³/mol. The molecular formula is C21H20N4O2. The number of nitrogens with zero attached hydrogens (tertiary/aromatic N) is 4. The number of aryl methyl sites for hydroxylation is 2. The Kier molecular flexibility index (Phi) is 4.32. The molecule has 3 aromatic rings. The molecule has 6 nitrogen and oxygen atoms in total. The fraction of sp³-hybridized carbons (Fsp3) is 0.238. The van der Waals surface area contributed by atoms with E-state index in [9.17, 15) is 4.79 Å². The number of aliphatic imine (C=N–C) groups is 1. The fourth-order valence-electron chi connectivity index (χ4n) is 3.39. The first-order valence-electron chi connectivity index (χ1n) is 8.81. The SMILES string of the molecule is COc1ccc2c(c1)C(c1ccc(C)cc1)=N[C@@H](CC=O)c1nnc(C)n1-2. The average molecular weight is 360 g/mol. The number of benzene rings is 2. The summed E-state index contributed by atoms with van der Waals surface area (Å²) in [4.78, 5) is 16.3. The average Bonchev–Trinajstić information content (AvgIpc) is 3.00. The van der Waals surface area contributed by atoms with E-state index in [4.69, 9.17) is 9.73 Å². The lowest BCUT2D eigenvalue weighted by atomic mass is 9.99. The predicted octanol–water partition coefficient (Wildman–Crippen LogP) is 3.37. The lowest BCUT2D eigenvalue weighted by molar-refractivity contribution is -0.108. The van der Waals surface area contributed by atoms with Crippen LogP contribution in [0.2, 0.25) is 0 Å². The van der Waals surface area contributed by atoms with Gasteiger partial charge in [0.2, 0.25) is 0 Å². The van der Waals surface area contributed by atoms with Gasteiger partial charge in [-0.2, -0.15) is 0 Å². The minimum absolute atomic E-state index is 0.249. The van der Waals surface area contributed by atoms with Crippen molar-refractivity contribution in [3.8, 4) is 11.4 Å². The van der Waals surface area contributed by atoms with Gasteiger partial charge in [0.1, 0.15) is 23.9 Å². The Labute approximate surface area is 157 Å². The fourth-order valence-corrected chi connectivity index (χ4v) is 3.39. The van der Waals surface area contributed by atoms with Gasteiger partial charge in [0.15, 0.2) is 5.82 Å². The van der Waals surface area contributed by atoms with Gasteiger partial charge >= 0.3 is 0 Å². The van der Waals surface area contributed by atoms with E-state index in [0.29, 0.717) is 5.82 Å². The molecule has 2 aromatic carbocycles.